The summed E-state index contributed by atoms with van der Waals surface area (Å²) in [6.07, 6.45) is -0.551. The second-order valence-corrected chi connectivity index (χ2v) is 7.40. The molecule has 2 aromatic rings. The molecule has 158 valence electrons. The molecule has 0 aromatic heterocycles. The highest BCUT2D eigenvalue weighted by Crippen LogP contribution is 2.40. The van der Waals surface area contributed by atoms with Gasteiger partial charge in [0.2, 0.25) is 0 Å². The Morgan fingerprint density at radius 2 is 1.00 bits per heavy atom. The van der Waals surface area contributed by atoms with Crippen LogP contribution in [0.25, 0.3) is 0 Å². The van der Waals surface area contributed by atoms with Crippen LogP contribution in [0.15, 0.2) is 36.4 Å². The van der Waals surface area contributed by atoms with Gasteiger partial charge < -0.3 is 29.6 Å². The first kappa shape index (κ1) is 20.3. The van der Waals surface area contributed by atoms with Gasteiger partial charge in [-0.3, -0.25) is 0 Å². The number of benzene rings is 2. The Balaban J connectivity index is 1.68. The molecule has 0 amide bonds. The zero-order valence-electron chi connectivity index (χ0n) is 17.0. The molecule has 2 atom stereocenters. The van der Waals surface area contributed by atoms with Crippen LogP contribution in [0, 0.1) is 0 Å². The van der Waals surface area contributed by atoms with Crippen LogP contribution in [0.4, 0.5) is 0 Å². The summed E-state index contributed by atoms with van der Waals surface area (Å²) in [5.41, 5.74) is 1.88. The van der Waals surface area contributed by atoms with Gasteiger partial charge in [0.25, 0.3) is 0 Å². The summed E-state index contributed by atoms with van der Waals surface area (Å²) in [5.74, 6) is 2.58. The quantitative estimate of drug-likeness (QED) is 0.648. The molecule has 2 aliphatic rings. The molecule has 2 fully saturated rings. The van der Waals surface area contributed by atoms with Crippen molar-refractivity contribution in [3.63, 3.8) is 0 Å². The average molecular weight is 447 g/mol. The van der Waals surface area contributed by atoms with Crippen LogP contribution in [-0.4, -0.2) is 48.7 Å². The molecule has 2 unspecified atom stereocenters. The maximum absolute atomic E-state index is 5.65. The summed E-state index contributed by atoms with van der Waals surface area (Å²) in [7, 11) is 6.43. The zero-order chi connectivity index (χ0) is 21.4. The van der Waals surface area contributed by atoms with Gasteiger partial charge in [-0.2, -0.15) is 0 Å². The van der Waals surface area contributed by atoms with Gasteiger partial charge in [0.1, 0.15) is 12.3 Å². The fourth-order valence-corrected chi connectivity index (χ4v) is 4.27. The van der Waals surface area contributed by atoms with Crippen molar-refractivity contribution in [1.29, 1.82) is 0 Å². The topological polar surface area (TPSA) is 67.5 Å². The van der Waals surface area contributed by atoms with E-state index in [0.29, 0.717) is 33.2 Å². The van der Waals surface area contributed by atoms with Gasteiger partial charge in [-0.1, -0.05) is 12.1 Å². The molecule has 2 aromatic carbocycles. The number of ether oxygens (including phenoxy) is 4. The predicted molar refractivity (Wildman–Crippen MR) is 120 cm³/mol. The van der Waals surface area contributed by atoms with Crippen molar-refractivity contribution in [1.82, 2.24) is 20.7 Å². The second-order valence-electron chi connectivity index (χ2n) is 6.62. The lowest BCUT2D eigenvalue weighted by Crippen LogP contribution is -2.36. The molecule has 0 bridgehead atoms. The van der Waals surface area contributed by atoms with Crippen LogP contribution in [0.2, 0.25) is 0 Å². The smallest absolute Gasteiger partial charge is 0.192 e. The van der Waals surface area contributed by atoms with Gasteiger partial charge in [-0.15, -0.1) is 0 Å². The molecule has 30 heavy (non-hydrogen) atoms. The molecular formula is C20H22N4O4S2. The number of thiocarbonyl (C=S) groups is 2. The highest BCUT2D eigenvalue weighted by molar-refractivity contribution is 7.80. The van der Waals surface area contributed by atoms with Crippen LogP contribution in [0.5, 0.6) is 23.0 Å². The molecule has 2 aliphatic heterocycles. The normalized spacial score (nSPS) is 19.9. The van der Waals surface area contributed by atoms with Gasteiger partial charge in [0.05, 0.1) is 28.4 Å². The van der Waals surface area contributed by atoms with E-state index in [1.54, 1.807) is 28.4 Å². The van der Waals surface area contributed by atoms with Crippen LogP contribution < -0.4 is 29.6 Å². The Morgan fingerprint density at radius 3 is 1.33 bits per heavy atom. The van der Waals surface area contributed by atoms with Crippen molar-refractivity contribution in [2.24, 2.45) is 0 Å². The standard InChI is InChI=1S/C20H22N4O4S2/c1-25-13-7-5-11(9-15(13)27-3)17-21-19(29)24-18(22-20(30)23(17)24)12-6-8-14(26-2)16(10-12)28-4/h5-10,17-18H,1-4H3,(H,21,29)(H,22,30). The fourth-order valence-electron chi connectivity index (χ4n) is 3.66. The Bertz CT molecular complexity index is 923. The Morgan fingerprint density at radius 1 is 0.633 bits per heavy atom. The van der Waals surface area contributed by atoms with Gasteiger partial charge in [-0.05, 0) is 48.7 Å². The molecule has 2 heterocycles. The van der Waals surface area contributed by atoms with E-state index < -0.39 is 0 Å². The Hall–Kier alpha value is -2.98. The van der Waals surface area contributed by atoms with Crippen LogP contribution in [-0.2, 0) is 0 Å². The molecule has 0 spiro atoms. The summed E-state index contributed by atoms with van der Waals surface area (Å²) in [4.78, 5) is 0. The Kier molecular flexibility index (Phi) is 5.44. The summed E-state index contributed by atoms with van der Waals surface area (Å²) in [5, 5.41) is 11.7. The van der Waals surface area contributed by atoms with Gasteiger partial charge in [0, 0.05) is 11.1 Å². The largest absolute Gasteiger partial charge is 0.493 e. The van der Waals surface area contributed by atoms with E-state index in [1.165, 1.54) is 0 Å². The second kappa shape index (κ2) is 8.04. The van der Waals surface area contributed by atoms with Gasteiger partial charge in [-0.25, -0.2) is 10.0 Å². The van der Waals surface area contributed by atoms with Crippen molar-refractivity contribution in [3.8, 4) is 23.0 Å². The third kappa shape index (κ3) is 3.21. The van der Waals surface area contributed by atoms with E-state index >= 15 is 0 Å². The fraction of sp³-hybridized carbons (Fsp3) is 0.300. The number of nitrogens with one attached hydrogen (secondary N) is 2. The van der Waals surface area contributed by atoms with E-state index in [9.17, 15) is 0 Å². The summed E-state index contributed by atoms with van der Waals surface area (Å²) in [6.45, 7) is 0. The van der Waals surface area contributed by atoms with Crippen molar-refractivity contribution in [3.05, 3.63) is 47.5 Å². The van der Waals surface area contributed by atoms with Crippen LogP contribution in [0.3, 0.4) is 0 Å². The maximum atomic E-state index is 5.65. The molecule has 8 nitrogen and oxygen atoms in total. The van der Waals surface area contributed by atoms with Crippen molar-refractivity contribution >= 4 is 34.7 Å². The molecule has 0 radical (unpaired) electrons. The minimum Gasteiger partial charge on any atom is -0.493 e. The van der Waals surface area contributed by atoms with Crippen molar-refractivity contribution in [2.75, 3.05) is 28.4 Å². The minimum absolute atomic E-state index is 0.276. The first-order chi connectivity index (χ1) is 14.5. The van der Waals surface area contributed by atoms with Crippen molar-refractivity contribution < 1.29 is 18.9 Å². The highest BCUT2D eigenvalue weighted by atomic mass is 32.1. The monoisotopic (exact) mass is 446 g/mol. The number of methoxy groups -OCH3 is 4. The predicted octanol–water partition coefficient (Wildman–Crippen LogP) is 2.71. The van der Waals surface area contributed by atoms with Gasteiger partial charge >= 0.3 is 0 Å². The molecule has 2 saturated heterocycles. The third-order valence-corrected chi connectivity index (χ3v) is 5.71. The van der Waals surface area contributed by atoms with Crippen molar-refractivity contribution in [2.45, 2.75) is 12.3 Å². The lowest BCUT2D eigenvalue weighted by Gasteiger charge is -2.27. The van der Waals surface area contributed by atoms with E-state index in [0.717, 1.165) is 11.1 Å². The lowest BCUT2D eigenvalue weighted by atomic mass is 10.1. The summed E-state index contributed by atoms with van der Waals surface area (Å²) < 4.78 is 21.6. The first-order valence-electron chi connectivity index (χ1n) is 9.15. The molecule has 10 heteroatoms. The third-order valence-electron chi connectivity index (χ3n) is 5.10. The molecule has 0 saturated carbocycles. The van der Waals surface area contributed by atoms with E-state index in [2.05, 4.69) is 10.6 Å². The maximum Gasteiger partial charge on any atom is 0.192 e. The summed E-state index contributed by atoms with van der Waals surface area (Å²) >= 11 is 11.3. The Labute approximate surface area is 185 Å². The van der Waals surface area contributed by atoms with E-state index in [4.69, 9.17) is 43.4 Å². The minimum atomic E-state index is -0.276. The zero-order valence-corrected chi connectivity index (χ0v) is 18.6. The van der Waals surface area contributed by atoms with Gasteiger partial charge in [0.15, 0.2) is 33.2 Å². The number of hydrogen-bond acceptors (Lipinski definition) is 6. The number of hydrazine groups is 1. The highest BCUT2D eigenvalue weighted by Gasteiger charge is 2.47. The number of nitrogens with zero attached hydrogens (tertiary/aromatic N) is 2. The summed E-state index contributed by atoms with van der Waals surface area (Å²) in [6, 6.07) is 11.5. The van der Waals surface area contributed by atoms with E-state index in [-0.39, 0.29) is 12.3 Å². The number of rotatable bonds is 6. The number of hydrogen-bond donors (Lipinski definition) is 2. The SMILES string of the molecule is COc1ccc(C2NC(=S)N3C(c4ccc(OC)c(OC)c4)NC(=S)N23)cc1OC. The number of fused-ring (bicyclic) bond motifs is 1. The first-order valence-corrected chi connectivity index (χ1v) is 9.97. The van der Waals surface area contributed by atoms with Crippen LogP contribution in [0.1, 0.15) is 23.5 Å². The lowest BCUT2D eigenvalue weighted by molar-refractivity contribution is 0.113. The van der Waals surface area contributed by atoms with E-state index in [1.807, 2.05) is 46.4 Å². The average Bonchev–Trinajstić information content (AvgIpc) is 3.30. The molecule has 0 aliphatic carbocycles. The molecule has 2 N–H and O–H groups in total. The van der Waals surface area contributed by atoms with Crippen LogP contribution >= 0.6 is 24.4 Å². The molecular weight excluding hydrogens is 424 g/mol. The molecule has 4 rings (SSSR count).